The molecule has 32 heavy (non-hydrogen) atoms. The van der Waals surface area contributed by atoms with E-state index >= 15 is 0 Å². The van der Waals surface area contributed by atoms with Crippen LogP contribution in [0.1, 0.15) is 30.6 Å². The summed E-state index contributed by atoms with van der Waals surface area (Å²) in [6.07, 6.45) is 1.92. The van der Waals surface area contributed by atoms with Crippen molar-refractivity contribution in [3.8, 4) is 5.75 Å². The van der Waals surface area contributed by atoms with Crippen LogP contribution in [0.4, 0.5) is 11.4 Å². The number of carbonyl (C=O) groups excluding carboxylic acids is 2. The summed E-state index contributed by atoms with van der Waals surface area (Å²) in [7, 11) is 0. The number of thioether (sulfide) groups is 1. The molecule has 1 saturated carbocycles. The van der Waals surface area contributed by atoms with Crippen molar-refractivity contribution < 1.29 is 14.3 Å². The highest BCUT2D eigenvalue weighted by atomic mass is 32.2. The maximum absolute atomic E-state index is 13.3. The largest absolute Gasteiger partial charge is 0.494 e. The van der Waals surface area contributed by atoms with Crippen LogP contribution in [0.25, 0.3) is 0 Å². The third-order valence-electron chi connectivity index (χ3n) is 5.08. The molecule has 4 rings (SSSR count). The van der Waals surface area contributed by atoms with Crippen molar-refractivity contribution in [3.63, 3.8) is 0 Å². The van der Waals surface area contributed by atoms with Gasteiger partial charge in [0.05, 0.1) is 6.61 Å². The Hall–Kier alpha value is -3.25. The quantitative estimate of drug-likeness (QED) is 0.401. The normalized spacial score (nSPS) is 13.8. The van der Waals surface area contributed by atoms with Crippen molar-refractivity contribution in [1.82, 2.24) is 0 Å². The van der Waals surface area contributed by atoms with E-state index in [1.54, 1.807) is 0 Å². The Kier molecular flexibility index (Phi) is 7.12. The molecular weight excluding hydrogens is 420 g/mol. The number of amides is 2. The Labute approximate surface area is 192 Å². The zero-order valence-corrected chi connectivity index (χ0v) is 18.7. The van der Waals surface area contributed by atoms with Crippen LogP contribution in [0.15, 0.2) is 83.8 Å². The average molecular weight is 447 g/mol. The van der Waals surface area contributed by atoms with E-state index in [9.17, 15) is 9.59 Å². The molecule has 3 aromatic carbocycles. The molecule has 1 fully saturated rings. The topological polar surface area (TPSA) is 67.4 Å². The molecule has 5 nitrogen and oxygen atoms in total. The Morgan fingerprint density at radius 3 is 2.38 bits per heavy atom. The molecule has 1 atom stereocenters. The SMILES string of the molecule is CCOc1ccc(NC(=O)C(Sc2cccc(NC(=O)C3CC3)c2)c2ccccc2)cc1. The van der Waals surface area contributed by atoms with Crippen LogP contribution in [0.3, 0.4) is 0 Å². The molecule has 2 N–H and O–H groups in total. The summed E-state index contributed by atoms with van der Waals surface area (Å²) >= 11 is 1.46. The van der Waals surface area contributed by atoms with E-state index in [1.165, 1.54) is 11.8 Å². The molecule has 1 unspecified atom stereocenters. The predicted octanol–water partition coefficient (Wildman–Crippen LogP) is 5.91. The van der Waals surface area contributed by atoms with Crippen LogP contribution < -0.4 is 15.4 Å². The van der Waals surface area contributed by atoms with E-state index in [1.807, 2.05) is 85.8 Å². The number of hydrogen-bond donors (Lipinski definition) is 2. The van der Waals surface area contributed by atoms with Gasteiger partial charge in [-0.05, 0) is 67.8 Å². The highest BCUT2D eigenvalue weighted by molar-refractivity contribution is 8.00. The van der Waals surface area contributed by atoms with Gasteiger partial charge < -0.3 is 15.4 Å². The van der Waals surface area contributed by atoms with Crippen LogP contribution in [0.2, 0.25) is 0 Å². The highest BCUT2D eigenvalue weighted by Crippen LogP contribution is 2.37. The number of rotatable bonds is 9. The third kappa shape index (κ3) is 5.92. The number of hydrogen-bond acceptors (Lipinski definition) is 4. The van der Waals surface area contributed by atoms with Crippen LogP contribution in [-0.2, 0) is 9.59 Å². The summed E-state index contributed by atoms with van der Waals surface area (Å²) in [4.78, 5) is 26.3. The van der Waals surface area contributed by atoms with Crippen LogP contribution in [-0.4, -0.2) is 18.4 Å². The van der Waals surface area contributed by atoms with Crippen LogP contribution in [0.5, 0.6) is 5.75 Å². The van der Waals surface area contributed by atoms with Gasteiger partial charge in [-0.25, -0.2) is 0 Å². The molecule has 1 aliphatic carbocycles. The Bertz CT molecular complexity index is 1070. The number of benzene rings is 3. The standard InChI is InChI=1S/C26H26N2O3S/c1-2-31-22-15-13-20(14-16-22)27-26(30)24(18-7-4-3-5-8-18)32-23-10-6-9-21(17-23)28-25(29)19-11-12-19/h3-10,13-17,19,24H,2,11-12H2,1H3,(H,27,30)(H,28,29). The Balaban J connectivity index is 1.50. The van der Waals surface area contributed by atoms with Gasteiger partial charge in [0.25, 0.3) is 0 Å². The van der Waals surface area contributed by atoms with Gasteiger partial charge in [0, 0.05) is 22.2 Å². The van der Waals surface area contributed by atoms with Crippen molar-refractivity contribution in [2.24, 2.45) is 5.92 Å². The Morgan fingerprint density at radius 2 is 1.69 bits per heavy atom. The first-order valence-electron chi connectivity index (χ1n) is 10.8. The van der Waals surface area contributed by atoms with E-state index in [0.717, 1.165) is 34.7 Å². The van der Waals surface area contributed by atoms with Crippen molar-refractivity contribution in [3.05, 3.63) is 84.4 Å². The van der Waals surface area contributed by atoms with Crippen LogP contribution in [0, 0.1) is 5.92 Å². The van der Waals surface area contributed by atoms with E-state index in [-0.39, 0.29) is 17.7 Å². The Morgan fingerprint density at radius 1 is 0.938 bits per heavy atom. The second kappa shape index (κ2) is 10.4. The molecule has 1 aliphatic rings. The predicted molar refractivity (Wildman–Crippen MR) is 129 cm³/mol. The summed E-state index contributed by atoms with van der Waals surface area (Å²) in [6, 6.07) is 24.7. The van der Waals surface area contributed by atoms with Gasteiger partial charge in [0.15, 0.2) is 0 Å². The lowest BCUT2D eigenvalue weighted by Gasteiger charge is -2.18. The third-order valence-corrected chi connectivity index (χ3v) is 6.33. The molecule has 0 aromatic heterocycles. The summed E-state index contributed by atoms with van der Waals surface area (Å²) in [5.74, 6) is 0.866. The lowest BCUT2D eigenvalue weighted by atomic mass is 10.1. The molecule has 0 bridgehead atoms. The lowest BCUT2D eigenvalue weighted by molar-refractivity contribution is -0.117. The van der Waals surface area contributed by atoms with Crippen molar-refractivity contribution >= 4 is 35.0 Å². The minimum absolute atomic E-state index is 0.0694. The van der Waals surface area contributed by atoms with Gasteiger partial charge in [-0.15, -0.1) is 11.8 Å². The molecule has 164 valence electrons. The zero-order valence-electron chi connectivity index (χ0n) is 17.9. The number of ether oxygens (including phenoxy) is 1. The summed E-state index contributed by atoms with van der Waals surface area (Å²) in [5, 5.41) is 5.55. The smallest absolute Gasteiger partial charge is 0.242 e. The monoisotopic (exact) mass is 446 g/mol. The van der Waals surface area contributed by atoms with Crippen molar-refractivity contribution in [1.29, 1.82) is 0 Å². The van der Waals surface area contributed by atoms with Gasteiger partial charge >= 0.3 is 0 Å². The molecule has 0 heterocycles. The average Bonchev–Trinajstić information content (AvgIpc) is 3.65. The van der Waals surface area contributed by atoms with E-state index in [2.05, 4.69) is 10.6 Å². The molecule has 0 saturated heterocycles. The van der Waals surface area contributed by atoms with Crippen molar-refractivity contribution in [2.45, 2.75) is 29.9 Å². The highest BCUT2D eigenvalue weighted by Gasteiger charge is 2.29. The first-order valence-corrected chi connectivity index (χ1v) is 11.7. The van der Waals surface area contributed by atoms with Crippen molar-refractivity contribution in [2.75, 3.05) is 17.2 Å². The second-order valence-corrected chi connectivity index (χ2v) is 8.83. The fourth-order valence-corrected chi connectivity index (χ4v) is 4.37. The summed E-state index contributed by atoms with van der Waals surface area (Å²) < 4.78 is 5.47. The maximum Gasteiger partial charge on any atom is 0.242 e. The number of nitrogens with one attached hydrogen (secondary N) is 2. The molecule has 0 radical (unpaired) electrons. The first-order chi connectivity index (χ1) is 15.6. The fraction of sp³-hybridized carbons (Fsp3) is 0.231. The van der Waals surface area contributed by atoms with E-state index < -0.39 is 5.25 Å². The molecule has 6 heteroatoms. The minimum atomic E-state index is -0.447. The lowest BCUT2D eigenvalue weighted by Crippen LogP contribution is -2.19. The first kappa shape index (κ1) is 22.0. The number of anilines is 2. The molecule has 0 aliphatic heterocycles. The van der Waals surface area contributed by atoms with Gasteiger partial charge in [0.2, 0.25) is 11.8 Å². The molecule has 2 amide bonds. The summed E-state index contributed by atoms with van der Waals surface area (Å²) in [6.45, 7) is 2.53. The second-order valence-electron chi connectivity index (χ2n) is 7.65. The fourth-order valence-electron chi connectivity index (χ4n) is 3.28. The summed E-state index contributed by atoms with van der Waals surface area (Å²) in [5.41, 5.74) is 2.38. The van der Waals surface area contributed by atoms with Gasteiger partial charge in [-0.3, -0.25) is 9.59 Å². The van der Waals surface area contributed by atoms with Gasteiger partial charge in [-0.1, -0.05) is 36.4 Å². The van der Waals surface area contributed by atoms with Crippen LogP contribution >= 0.6 is 11.8 Å². The molecule has 0 spiro atoms. The van der Waals surface area contributed by atoms with E-state index in [0.29, 0.717) is 12.3 Å². The minimum Gasteiger partial charge on any atom is -0.494 e. The zero-order chi connectivity index (χ0) is 22.3. The maximum atomic E-state index is 13.3. The van der Waals surface area contributed by atoms with Gasteiger partial charge in [-0.2, -0.15) is 0 Å². The number of carbonyl (C=O) groups is 2. The molecule has 3 aromatic rings. The van der Waals surface area contributed by atoms with E-state index in [4.69, 9.17) is 4.74 Å². The molecular formula is C26H26N2O3S. The van der Waals surface area contributed by atoms with Gasteiger partial charge in [0.1, 0.15) is 11.0 Å².